The van der Waals surface area contributed by atoms with Crippen molar-refractivity contribution >= 4 is 17.0 Å². The molecule has 0 N–H and O–H groups in total. The van der Waals surface area contributed by atoms with E-state index in [0.717, 1.165) is 63.3 Å². The van der Waals surface area contributed by atoms with Crippen LogP contribution in [0.2, 0.25) is 0 Å². The smallest absolute Gasteiger partial charge is 0.254 e. The van der Waals surface area contributed by atoms with E-state index in [1.807, 2.05) is 41.3 Å². The van der Waals surface area contributed by atoms with Crippen LogP contribution in [0.25, 0.3) is 11.1 Å². The lowest BCUT2D eigenvalue weighted by Gasteiger charge is -2.34. The van der Waals surface area contributed by atoms with E-state index in [1.54, 1.807) is 7.11 Å². The number of hydrogen-bond donors (Lipinski definition) is 0. The van der Waals surface area contributed by atoms with E-state index in [0.29, 0.717) is 11.5 Å². The van der Waals surface area contributed by atoms with Gasteiger partial charge in [0.25, 0.3) is 5.91 Å². The van der Waals surface area contributed by atoms with Gasteiger partial charge in [-0.1, -0.05) is 30.3 Å². The van der Waals surface area contributed by atoms with Crippen molar-refractivity contribution in [1.82, 2.24) is 14.8 Å². The van der Waals surface area contributed by atoms with E-state index >= 15 is 0 Å². The molecule has 1 saturated heterocycles. The summed E-state index contributed by atoms with van der Waals surface area (Å²) in [6.07, 6.45) is 1.62. The number of methoxy groups -OCH3 is 1. The molecule has 0 spiro atoms. The molecule has 1 amide bonds. The molecular weight excluding hydrogens is 366 g/mol. The third-order valence-electron chi connectivity index (χ3n) is 5.42. The zero-order valence-electron chi connectivity index (χ0n) is 16.8. The SMILES string of the molecule is COCCN1CCN(C(=O)c2ccc3oc(CCc4ccccc4)nc3c2)CC1. The van der Waals surface area contributed by atoms with Gasteiger partial charge < -0.3 is 14.1 Å². The van der Waals surface area contributed by atoms with Crippen LogP contribution in [0.5, 0.6) is 0 Å². The third kappa shape index (κ3) is 4.83. The average molecular weight is 393 g/mol. The second-order valence-corrected chi connectivity index (χ2v) is 7.40. The van der Waals surface area contributed by atoms with Gasteiger partial charge in [-0.3, -0.25) is 9.69 Å². The summed E-state index contributed by atoms with van der Waals surface area (Å²) in [5.74, 6) is 0.771. The molecule has 0 bridgehead atoms. The maximum Gasteiger partial charge on any atom is 0.254 e. The monoisotopic (exact) mass is 393 g/mol. The third-order valence-corrected chi connectivity index (χ3v) is 5.42. The van der Waals surface area contributed by atoms with Crippen LogP contribution in [-0.4, -0.2) is 67.1 Å². The molecule has 0 saturated carbocycles. The minimum absolute atomic E-state index is 0.0622. The molecule has 6 nitrogen and oxygen atoms in total. The number of aryl methyl sites for hydroxylation is 2. The highest BCUT2D eigenvalue weighted by Gasteiger charge is 2.22. The van der Waals surface area contributed by atoms with Crippen molar-refractivity contribution in [3.63, 3.8) is 0 Å². The number of carbonyl (C=O) groups excluding carboxylic acids is 1. The van der Waals surface area contributed by atoms with Crippen LogP contribution < -0.4 is 0 Å². The highest BCUT2D eigenvalue weighted by atomic mass is 16.5. The van der Waals surface area contributed by atoms with Gasteiger partial charge >= 0.3 is 0 Å². The van der Waals surface area contributed by atoms with Crippen molar-refractivity contribution in [2.75, 3.05) is 46.4 Å². The molecule has 29 heavy (non-hydrogen) atoms. The number of hydrogen-bond acceptors (Lipinski definition) is 5. The van der Waals surface area contributed by atoms with Gasteiger partial charge in [-0.15, -0.1) is 0 Å². The van der Waals surface area contributed by atoms with Gasteiger partial charge in [-0.25, -0.2) is 4.98 Å². The molecule has 4 rings (SSSR count). The topological polar surface area (TPSA) is 58.8 Å². The number of piperazine rings is 1. The Bertz CT molecular complexity index is 946. The number of oxazole rings is 1. The van der Waals surface area contributed by atoms with Crippen LogP contribution in [0.15, 0.2) is 52.9 Å². The fraction of sp³-hybridized carbons (Fsp3) is 0.391. The van der Waals surface area contributed by atoms with Crippen molar-refractivity contribution in [1.29, 1.82) is 0 Å². The Labute approximate surface area is 171 Å². The molecule has 0 atom stereocenters. The van der Waals surface area contributed by atoms with Crippen molar-refractivity contribution in [3.05, 3.63) is 65.5 Å². The molecule has 2 heterocycles. The predicted octanol–water partition coefficient (Wildman–Crippen LogP) is 3.02. The first-order valence-corrected chi connectivity index (χ1v) is 10.2. The number of rotatable bonds is 7. The van der Waals surface area contributed by atoms with E-state index in [9.17, 15) is 4.79 Å². The van der Waals surface area contributed by atoms with Crippen LogP contribution in [0, 0.1) is 0 Å². The minimum atomic E-state index is 0.0622. The molecule has 0 unspecified atom stereocenters. The highest BCUT2D eigenvalue weighted by Crippen LogP contribution is 2.20. The summed E-state index contributed by atoms with van der Waals surface area (Å²) < 4.78 is 11.0. The van der Waals surface area contributed by atoms with Gasteiger partial charge in [0.1, 0.15) is 5.52 Å². The number of nitrogens with zero attached hydrogens (tertiary/aromatic N) is 3. The first-order valence-electron chi connectivity index (χ1n) is 10.2. The second-order valence-electron chi connectivity index (χ2n) is 7.40. The highest BCUT2D eigenvalue weighted by molar-refractivity contribution is 5.97. The zero-order valence-corrected chi connectivity index (χ0v) is 16.8. The molecule has 3 aromatic rings. The van der Waals surface area contributed by atoms with Crippen molar-refractivity contribution in [3.8, 4) is 0 Å². The molecule has 0 radical (unpaired) electrons. The van der Waals surface area contributed by atoms with Gasteiger partial charge in [0.15, 0.2) is 11.5 Å². The molecule has 152 valence electrons. The van der Waals surface area contributed by atoms with Crippen LogP contribution in [0.3, 0.4) is 0 Å². The largest absolute Gasteiger partial charge is 0.441 e. The summed E-state index contributed by atoms with van der Waals surface area (Å²) in [5.41, 5.74) is 3.41. The Morgan fingerprint density at radius 2 is 1.86 bits per heavy atom. The van der Waals surface area contributed by atoms with Gasteiger partial charge in [0, 0.05) is 51.8 Å². The Morgan fingerprint density at radius 3 is 2.62 bits per heavy atom. The molecule has 1 aromatic heterocycles. The Hall–Kier alpha value is -2.70. The summed E-state index contributed by atoms with van der Waals surface area (Å²) in [6, 6.07) is 15.9. The Morgan fingerprint density at radius 1 is 1.07 bits per heavy atom. The van der Waals surface area contributed by atoms with E-state index in [4.69, 9.17) is 9.15 Å². The first-order chi connectivity index (χ1) is 14.2. The van der Waals surface area contributed by atoms with E-state index in [-0.39, 0.29) is 5.91 Å². The lowest BCUT2D eigenvalue weighted by atomic mass is 10.1. The van der Waals surface area contributed by atoms with E-state index in [1.165, 1.54) is 5.56 Å². The Balaban J connectivity index is 1.39. The van der Waals surface area contributed by atoms with Gasteiger partial charge in [0.2, 0.25) is 0 Å². The molecule has 2 aromatic carbocycles. The number of aromatic nitrogens is 1. The minimum Gasteiger partial charge on any atom is -0.441 e. The summed E-state index contributed by atoms with van der Waals surface area (Å²) in [6.45, 7) is 4.87. The number of amides is 1. The number of carbonyl (C=O) groups is 1. The van der Waals surface area contributed by atoms with Crippen molar-refractivity contribution in [2.24, 2.45) is 0 Å². The fourth-order valence-corrected chi connectivity index (χ4v) is 3.69. The molecular formula is C23H27N3O3. The average Bonchev–Trinajstić information content (AvgIpc) is 3.19. The number of ether oxygens (including phenoxy) is 1. The summed E-state index contributed by atoms with van der Waals surface area (Å²) in [4.78, 5) is 21.8. The molecule has 1 aliphatic rings. The van der Waals surface area contributed by atoms with Crippen LogP contribution in [0.1, 0.15) is 21.8 Å². The standard InChI is InChI=1S/C23H27N3O3/c1-28-16-15-25-11-13-26(14-12-25)23(27)19-8-9-21-20(17-19)24-22(29-21)10-7-18-5-3-2-4-6-18/h2-6,8-9,17H,7,10-16H2,1H3. The van der Waals surface area contributed by atoms with Crippen LogP contribution in [-0.2, 0) is 17.6 Å². The molecule has 0 aliphatic carbocycles. The summed E-state index contributed by atoms with van der Waals surface area (Å²) >= 11 is 0. The lowest BCUT2D eigenvalue weighted by Crippen LogP contribution is -2.49. The number of benzene rings is 2. The maximum atomic E-state index is 12.9. The van der Waals surface area contributed by atoms with Crippen molar-refractivity contribution in [2.45, 2.75) is 12.8 Å². The predicted molar refractivity (Wildman–Crippen MR) is 112 cm³/mol. The molecule has 1 fully saturated rings. The quantitative estimate of drug-likeness (QED) is 0.618. The normalized spacial score (nSPS) is 15.1. The first kappa shape index (κ1) is 19.6. The summed E-state index contributed by atoms with van der Waals surface area (Å²) in [7, 11) is 1.72. The summed E-state index contributed by atoms with van der Waals surface area (Å²) in [5, 5.41) is 0. The second kappa shape index (κ2) is 9.20. The molecule has 1 aliphatic heterocycles. The van der Waals surface area contributed by atoms with Crippen LogP contribution in [0.4, 0.5) is 0 Å². The Kier molecular flexibility index (Phi) is 6.22. The van der Waals surface area contributed by atoms with Crippen LogP contribution >= 0.6 is 0 Å². The van der Waals surface area contributed by atoms with E-state index in [2.05, 4.69) is 22.0 Å². The fourth-order valence-electron chi connectivity index (χ4n) is 3.69. The number of fused-ring (bicyclic) bond motifs is 1. The van der Waals surface area contributed by atoms with Gasteiger partial charge in [0.05, 0.1) is 6.61 Å². The lowest BCUT2D eigenvalue weighted by molar-refractivity contribution is 0.0594. The van der Waals surface area contributed by atoms with Crippen molar-refractivity contribution < 1.29 is 13.9 Å². The van der Waals surface area contributed by atoms with Gasteiger partial charge in [-0.05, 0) is 30.2 Å². The maximum absolute atomic E-state index is 12.9. The zero-order chi connectivity index (χ0) is 20.1. The van der Waals surface area contributed by atoms with E-state index < -0.39 is 0 Å². The van der Waals surface area contributed by atoms with Gasteiger partial charge in [-0.2, -0.15) is 0 Å². The molecule has 6 heteroatoms.